The number of morpholine rings is 1. The Morgan fingerprint density at radius 1 is 1.07 bits per heavy atom. The van der Waals surface area contributed by atoms with E-state index in [9.17, 15) is 4.79 Å². The molecule has 2 aromatic carbocycles. The van der Waals surface area contributed by atoms with Gasteiger partial charge in [-0.1, -0.05) is 42.0 Å². The van der Waals surface area contributed by atoms with Crippen molar-refractivity contribution in [1.29, 1.82) is 0 Å². The molecule has 1 saturated heterocycles. The van der Waals surface area contributed by atoms with Gasteiger partial charge in [0.15, 0.2) is 0 Å². The molecule has 6 nitrogen and oxygen atoms in total. The summed E-state index contributed by atoms with van der Waals surface area (Å²) in [6.07, 6.45) is 0. The SMILES string of the molecule is Cc1ccc(CNC(=O)c2nc(N3CCOCC3)c3ccccc3n2)cc1. The van der Waals surface area contributed by atoms with Crippen LogP contribution in [0.15, 0.2) is 48.5 Å². The van der Waals surface area contributed by atoms with Crippen LogP contribution in [0.25, 0.3) is 10.9 Å². The lowest BCUT2D eigenvalue weighted by Crippen LogP contribution is -2.37. The molecule has 0 radical (unpaired) electrons. The van der Waals surface area contributed by atoms with Crippen molar-refractivity contribution in [2.24, 2.45) is 0 Å². The molecule has 0 aliphatic carbocycles. The average Bonchev–Trinajstić information content (AvgIpc) is 2.73. The first-order valence-corrected chi connectivity index (χ1v) is 9.14. The highest BCUT2D eigenvalue weighted by molar-refractivity contribution is 5.96. The molecule has 2 heterocycles. The van der Waals surface area contributed by atoms with Gasteiger partial charge in [-0.25, -0.2) is 9.97 Å². The lowest BCUT2D eigenvalue weighted by atomic mass is 10.1. The topological polar surface area (TPSA) is 67.4 Å². The monoisotopic (exact) mass is 362 g/mol. The van der Waals surface area contributed by atoms with Crippen LogP contribution in [0.3, 0.4) is 0 Å². The van der Waals surface area contributed by atoms with Crippen LogP contribution in [0.5, 0.6) is 0 Å². The summed E-state index contributed by atoms with van der Waals surface area (Å²) in [7, 11) is 0. The Labute approximate surface area is 158 Å². The van der Waals surface area contributed by atoms with Crippen LogP contribution in [0.1, 0.15) is 21.7 Å². The fourth-order valence-electron chi connectivity index (χ4n) is 3.14. The normalized spacial score (nSPS) is 14.3. The van der Waals surface area contributed by atoms with E-state index in [2.05, 4.69) is 20.2 Å². The van der Waals surface area contributed by atoms with Gasteiger partial charge < -0.3 is 15.0 Å². The maximum Gasteiger partial charge on any atom is 0.289 e. The Morgan fingerprint density at radius 3 is 2.59 bits per heavy atom. The maximum atomic E-state index is 12.7. The van der Waals surface area contributed by atoms with E-state index in [1.165, 1.54) is 5.56 Å². The summed E-state index contributed by atoms with van der Waals surface area (Å²) in [6, 6.07) is 15.9. The summed E-state index contributed by atoms with van der Waals surface area (Å²) in [5.74, 6) is 0.725. The van der Waals surface area contributed by atoms with Gasteiger partial charge in [0.05, 0.1) is 18.7 Å². The summed E-state index contributed by atoms with van der Waals surface area (Å²) < 4.78 is 5.44. The van der Waals surface area contributed by atoms with Gasteiger partial charge in [-0.2, -0.15) is 0 Å². The number of hydrogen-bond acceptors (Lipinski definition) is 5. The van der Waals surface area contributed by atoms with Crippen molar-refractivity contribution in [3.05, 3.63) is 65.5 Å². The summed E-state index contributed by atoms with van der Waals surface area (Å²) >= 11 is 0. The van der Waals surface area contributed by atoms with Crippen LogP contribution in [0.2, 0.25) is 0 Å². The van der Waals surface area contributed by atoms with Gasteiger partial charge in [0.25, 0.3) is 5.91 Å². The molecular weight excluding hydrogens is 340 g/mol. The van der Waals surface area contributed by atoms with Gasteiger partial charge in [-0.05, 0) is 24.6 Å². The van der Waals surface area contributed by atoms with Crippen molar-refractivity contribution >= 4 is 22.6 Å². The minimum absolute atomic E-state index is 0.197. The molecule has 1 fully saturated rings. The molecule has 0 spiro atoms. The Hall–Kier alpha value is -2.99. The number of fused-ring (bicyclic) bond motifs is 1. The molecule has 1 aliphatic heterocycles. The Kier molecular flexibility index (Phi) is 4.98. The Balaban J connectivity index is 1.60. The molecule has 3 aromatic rings. The third kappa shape index (κ3) is 3.90. The van der Waals surface area contributed by atoms with E-state index >= 15 is 0 Å². The maximum absolute atomic E-state index is 12.7. The molecule has 1 amide bonds. The fourth-order valence-corrected chi connectivity index (χ4v) is 3.14. The molecule has 27 heavy (non-hydrogen) atoms. The third-order valence-corrected chi connectivity index (χ3v) is 4.67. The molecule has 6 heteroatoms. The largest absolute Gasteiger partial charge is 0.378 e. The van der Waals surface area contributed by atoms with E-state index in [4.69, 9.17) is 4.74 Å². The predicted molar refractivity (Wildman–Crippen MR) is 105 cm³/mol. The summed E-state index contributed by atoms with van der Waals surface area (Å²) in [5, 5.41) is 3.88. The fraction of sp³-hybridized carbons (Fsp3) is 0.286. The number of anilines is 1. The van der Waals surface area contributed by atoms with E-state index < -0.39 is 0 Å². The number of aryl methyl sites for hydroxylation is 1. The lowest BCUT2D eigenvalue weighted by molar-refractivity contribution is 0.0940. The number of nitrogens with zero attached hydrogens (tertiary/aromatic N) is 3. The number of carbonyl (C=O) groups excluding carboxylic acids is 1. The first kappa shape index (κ1) is 17.4. The number of hydrogen-bond donors (Lipinski definition) is 1. The quantitative estimate of drug-likeness (QED) is 0.773. The molecule has 0 bridgehead atoms. The Bertz CT molecular complexity index is 950. The number of carbonyl (C=O) groups is 1. The second-order valence-corrected chi connectivity index (χ2v) is 6.66. The van der Waals surface area contributed by atoms with Crippen LogP contribution in [-0.4, -0.2) is 42.2 Å². The molecule has 0 atom stereocenters. The highest BCUT2D eigenvalue weighted by Gasteiger charge is 2.19. The molecule has 1 aliphatic rings. The van der Waals surface area contributed by atoms with Crippen LogP contribution in [-0.2, 0) is 11.3 Å². The molecule has 4 rings (SSSR count). The van der Waals surface area contributed by atoms with Gasteiger partial charge in [0.2, 0.25) is 5.82 Å². The predicted octanol–water partition coefficient (Wildman–Crippen LogP) is 2.70. The number of para-hydroxylation sites is 1. The molecule has 138 valence electrons. The third-order valence-electron chi connectivity index (χ3n) is 4.67. The van der Waals surface area contributed by atoms with Crippen LogP contribution in [0.4, 0.5) is 5.82 Å². The van der Waals surface area contributed by atoms with Crippen LogP contribution >= 0.6 is 0 Å². The number of ether oxygens (including phenoxy) is 1. The van der Waals surface area contributed by atoms with E-state index in [0.29, 0.717) is 19.8 Å². The summed E-state index contributed by atoms with van der Waals surface area (Å²) in [6.45, 7) is 5.32. The zero-order valence-electron chi connectivity index (χ0n) is 15.3. The molecular formula is C21H22N4O2. The summed E-state index contributed by atoms with van der Waals surface area (Å²) in [5.41, 5.74) is 3.01. The number of rotatable bonds is 4. The number of amides is 1. The first-order valence-electron chi connectivity index (χ1n) is 9.14. The van der Waals surface area contributed by atoms with E-state index in [1.807, 2.05) is 55.5 Å². The van der Waals surface area contributed by atoms with E-state index in [0.717, 1.165) is 35.4 Å². The van der Waals surface area contributed by atoms with Crippen molar-refractivity contribution in [3.8, 4) is 0 Å². The number of aromatic nitrogens is 2. The minimum atomic E-state index is -0.268. The molecule has 0 unspecified atom stereocenters. The second-order valence-electron chi connectivity index (χ2n) is 6.66. The Morgan fingerprint density at radius 2 is 1.81 bits per heavy atom. The zero-order valence-corrected chi connectivity index (χ0v) is 15.3. The van der Waals surface area contributed by atoms with Gasteiger partial charge in [-0.3, -0.25) is 4.79 Å². The second kappa shape index (κ2) is 7.72. The first-order chi connectivity index (χ1) is 13.2. The number of benzene rings is 2. The van der Waals surface area contributed by atoms with Gasteiger partial charge >= 0.3 is 0 Å². The summed E-state index contributed by atoms with van der Waals surface area (Å²) in [4.78, 5) is 23.9. The molecule has 0 saturated carbocycles. The zero-order chi connectivity index (χ0) is 18.6. The van der Waals surface area contributed by atoms with Crippen molar-refractivity contribution in [1.82, 2.24) is 15.3 Å². The van der Waals surface area contributed by atoms with Crippen molar-refractivity contribution < 1.29 is 9.53 Å². The number of nitrogens with one attached hydrogen (secondary N) is 1. The molecule has 1 aromatic heterocycles. The highest BCUT2D eigenvalue weighted by Crippen LogP contribution is 2.24. The van der Waals surface area contributed by atoms with Crippen molar-refractivity contribution in [2.75, 3.05) is 31.2 Å². The van der Waals surface area contributed by atoms with Crippen LogP contribution in [0, 0.1) is 6.92 Å². The van der Waals surface area contributed by atoms with Crippen LogP contribution < -0.4 is 10.2 Å². The lowest BCUT2D eigenvalue weighted by Gasteiger charge is -2.28. The smallest absolute Gasteiger partial charge is 0.289 e. The van der Waals surface area contributed by atoms with Gasteiger partial charge in [0.1, 0.15) is 5.82 Å². The standard InChI is InChI=1S/C21H22N4O2/c1-15-6-8-16(9-7-15)14-22-21(26)19-23-18-5-3-2-4-17(18)20(24-19)25-10-12-27-13-11-25/h2-9H,10-14H2,1H3,(H,22,26). The van der Waals surface area contributed by atoms with Gasteiger partial charge in [0, 0.05) is 25.0 Å². The highest BCUT2D eigenvalue weighted by atomic mass is 16.5. The minimum Gasteiger partial charge on any atom is -0.378 e. The van der Waals surface area contributed by atoms with Gasteiger partial charge in [-0.15, -0.1) is 0 Å². The average molecular weight is 362 g/mol. The van der Waals surface area contributed by atoms with Crippen molar-refractivity contribution in [3.63, 3.8) is 0 Å². The molecule has 1 N–H and O–H groups in total. The van der Waals surface area contributed by atoms with Crippen molar-refractivity contribution in [2.45, 2.75) is 13.5 Å². The van der Waals surface area contributed by atoms with E-state index in [1.54, 1.807) is 0 Å². The van der Waals surface area contributed by atoms with E-state index in [-0.39, 0.29) is 11.7 Å².